The number of aromatic nitrogens is 1. The van der Waals surface area contributed by atoms with Gasteiger partial charge in [0.05, 0.1) is 25.0 Å². The van der Waals surface area contributed by atoms with Crippen molar-refractivity contribution in [2.45, 2.75) is 25.9 Å². The Morgan fingerprint density at radius 2 is 2.27 bits per heavy atom. The van der Waals surface area contributed by atoms with Gasteiger partial charge in [-0.05, 0) is 19.9 Å². The van der Waals surface area contributed by atoms with E-state index in [4.69, 9.17) is 10.1 Å². The summed E-state index contributed by atoms with van der Waals surface area (Å²) in [5.74, 6) is -0.507. The Kier molecular flexibility index (Phi) is 4.62. The largest absolute Gasteiger partial charge is 0.389 e. The minimum absolute atomic E-state index is 0.0677. The number of oxime groups is 1. The molecule has 0 spiro atoms. The molecule has 0 saturated carbocycles. The van der Waals surface area contributed by atoms with Crippen LogP contribution in [0.4, 0.5) is 9.18 Å². The van der Waals surface area contributed by atoms with Gasteiger partial charge in [-0.15, -0.1) is 0 Å². The van der Waals surface area contributed by atoms with Crippen LogP contribution in [-0.4, -0.2) is 57.4 Å². The maximum Gasteiger partial charge on any atom is 0.362 e. The van der Waals surface area contributed by atoms with E-state index in [0.29, 0.717) is 23.4 Å². The van der Waals surface area contributed by atoms with Gasteiger partial charge in [0.1, 0.15) is 29.4 Å². The Hall–Kier alpha value is -3.35. The van der Waals surface area contributed by atoms with Gasteiger partial charge in [0.15, 0.2) is 0 Å². The number of pyridine rings is 1. The lowest BCUT2D eigenvalue weighted by molar-refractivity contribution is 0.0123. The molecule has 9 nitrogen and oxygen atoms in total. The SMILES string of the molecule is CC1(C)CC(C2=NN(CC#N)C(=O)N(/N=C\c3cncc(F)c3)C2)=NO1. The number of carbonyl (C=O) groups excluding carboxylic acids is 1. The average Bonchev–Trinajstić information content (AvgIpc) is 2.96. The van der Waals surface area contributed by atoms with Gasteiger partial charge in [-0.3, -0.25) is 4.98 Å². The zero-order valence-corrected chi connectivity index (χ0v) is 14.3. The van der Waals surface area contributed by atoms with Crippen LogP contribution in [0, 0.1) is 17.1 Å². The first-order valence-corrected chi connectivity index (χ1v) is 7.81. The van der Waals surface area contributed by atoms with Crippen molar-refractivity contribution in [1.29, 1.82) is 5.26 Å². The molecule has 3 heterocycles. The zero-order valence-electron chi connectivity index (χ0n) is 14.3. The number of amides is 2. The maximum atomic E-state index is 13.2. The second kappa shape index (κ2) is 6.87. The van der Waals surface area contributed by atoms with Crippen LogP contribution in [0.1, 0.15) is 25.8 Å². The van der Waals surface area contributed by atoms with E-state index in [0.717, 1.165) is 16.2 Å². The van der Waals surface area contributed by atoms with E-state index < -0.39 is 17.4 Å². The van der Waals surface area contributed by atoms with Crippen molar-refractivity contribution in [3.8, 4) is 6.07 Å². The molecule has 1 aromatic heterocycles. The molecule has 2 aliphatic heterocycles. The van der Waals surface area contributed by atoms with E-state index in [-0.39, 0.29) is 13.1 Å². The second-order valence-electron chi connectivity index (χ2n) is 6.35. The first-order valence-electron chi connectivity index (χ1n) is 7.81. The predicted octanol–water partition coefficient (Wildman–Crippen LogP) is 1.73. The zero-order chi connectivity index (χ0) is 18.7. The summed E-state index contributed by atoms with van der Waals surface area (Å²) in [7, 11) is 0. The molecule has 10 heteroatoms. The Labute approximate surface area is 149 Å². The van der Waals surface area contributed by atoms with Crippen LogP contribution in [0.15, 0.2) is 33.8 Å². The van der Waals surface area contributed by atoms with Crippen molar-refractivity contribution in [2.75, 3.05) is 13.1 Å². The summed E-state index contributed by atoms with van der Waals surface area (Å²) in [5, 5.41) is 23.4. The fraction of sp³-hybridized carbons (Fsp3) is 0.375. The topological polar surface area (TPSA) is 107 Å². The smallest absolute Gasteiger partial charge is 0.362 e. The third-order valence-corrected chi connectivity index (χ3v) is 3.60. The number of nitriles is 1. The number of halogens is 1. The third-order valence-electron chi connectivity index (χ3n) is 3.60. The lowest BCUT2D eigenvalue weighted by Gasteiger charge is -2.28. The van der Waals surface area contributed by atoms with Crippen LogP contribution in [0.3, 0.4) is 0 Å². The summed E-state index contributed by atoms with van der Waals surface area (Å²) in [4.78, 5) is 21.5. The summed E-state index contributed by atoms with van der Waals surface area (Å²) in [6.45, 7) is 3.61. The highest BCUT2D eigenvalue weighted by molar-refractivity contribution is 6.44. The van der Waals surface area contributed by atoms with Crippen LogP contribution in [0.25, 0.3) is 0 Å². The second-order valence-corrected chi connectivity index (χ2v) is 6.35. The van der Waals surface area contributed by atoms with Crippen molar-refractivity contribution < 1.29 is 14.0 Å². The monoisotopic (exact) mass is 357 g/mol. The number of hydrogen-bond acceptors (Lipinski definition) is 7. The van der Waals surface area contributed by atoms with E-state index >= 15 is 0 Å². The number of rotatable bonds is 4. The predicted molar refractivity (Wildman–Crippen MR) is 90.9 cm³/mol. The van der Waals surface area contributed by atoms with Crippen molar-refractivity contribution in [2.24, 2.45) is 15.4 Å². The van der Waals surface area contributed by atoms with E-state index in [1.54, 1.807) is 0 Å². The van der Waals surface area contributed by atoms with Gasteiger partial charge in [-0.1, -0.05) is 5.16 Å². The molecule has 3 rings (SSSR count). The van der Waals surface area contributed by atoms with E-state index in [2.05, 4.69) is 20.3 Å². The van der Waals surface area contributed by atoms with Crippen LogP contribution >= 0.6 is 0 Å². The molecular formula is C16H16FN7O2. The van der Waals surface area contributed by atoms with Crippen LogP contribution in [0.5, 0.6) is 0 Å². The lowest BCUT2D eigenvalue weighted by Crippen LogP contribution is -2.47. The molecule has 0 N–H and O–H groups in total. The molecule has 1 aromatic rings. The molecule has 0 aromatic carbocycles. The first kappa shape index (κ1) is 17.5. The van der Waals surface area contributed by atoms with Gasteiger partial charge >= 0.3 is 6.03 Å². The third kappa shape index (κ3) is 3.83. The number of nitrogens with zero attached hydrogens (tertiary/aromatic N) is 7. The van der Waals surface area contributed by atoms with E-state index in [1.807, 2.05) is 19.9 Å². The summed E-state index contributed by atoms with van der Waals surface area (Å²) >= 11 is 0. The molecule has 0 unspecified atom stereocenters. The summed E-state index contributed by atoms with van der Waals surface area (Å²) in [5.41, 5.74) is 1.02. The lowest BCUT2D eigenvalue weighted by atomic mass is 10.00. The maximum absolute atomic E-state index is 13.2. The highest BCUT2D eigenvalue weighted by Gasteiger charge is 2.36. The highest BCUT2D eigenvalue weighted by atomic mass is 19.1. The summed E-state index contributed by atoms with van der Waals surface area (Å²) in [6.07, 6.45) is 4.33. The van der Waals surface area contributed by atoms with Crippen LogP contribution < -0.4 is 0 Å². The van der Waals surface area contributed by atoms with Gasteiger partial charge in [-0.25, -0.2) is 14.2 Å². The first-order chi connectivity index (χ1) is 12.4. The van der Waals surface area contributed by atoms with Crippen molar-refractivity contribution in [3.63, 3.8) is 0 Å². The highest BCUT2D eigenvalue weighted by Crippen LogP contribution is 2.24. The quantitative estimate of drug-likeness (QED) is 0.604. The Morgan fingerprint density at radius 1 is 1.46 bits per heavy atom. The van der Waals surface area contributed by atoms with E-state index in [1.165, 1.54) is 18.5 Å². The van der Waals surface area contributed by atoms with Crippen molar-refractivity contribution >= 4 is 23.7 Å². The minimum Gasteiger partial charge on any atom is -0.389 e. The molecular weight excluding hydrogens is 341 g/mol. The molecule has 0 radical (unpaired) electrons. The van der Waals surface area contributed by atoms with Crippen LogP contribution in [0.2, 0.25) is 0 Å². The van der Waals surface area contributed by atoms with Gasteiger partial charge < -0.3 is 4.84 Å². The fourth-order valence-corrected chi connectivity index (χ4v) is 2.41. The van der Waals surface area contributed by atoms with Gasteiger partial charge in [0.25, 0.3) is 0 Å². The summed E-state index contributed by atoms with van der Waals surface area (Å²) in [6, 6.07) is 2.57. The molecule has 26 heavy (non-hydrogen) atoms. The van der Waals surface area contributed by atoms with Crippen molar-refractivity contribution in [3.05, 3.63) is 29.8 Å². The van der Waals surface area contributed by atoms with Gasteiger partial charge in [0.2, 0.25) is 0 Å². The molecule has 134 valence electrons. The summed E-state index contributed by atoms with van der Waals surface area (Å²) < 4.78 is 13.2. The molecule has 0 bridgehead atoms. The number of urea groups is 1. The molecule has 2 aliphatic rings. The molecule has 0 fully saturated rings. The Bertz CT molecular complexity index is 856. The number of carbonyl (C=O) groups is 1. The Morgan fingerprint density at radius 3 is 2.92 bits per heavy atom. The normalized spacial score (nSPS) is 19.2. The average molecular weight is 357 g/mol. The van der Waals surface area contributed by atoms with E-state index in [9.17, 15) is 9.18 Å². The van der Waals surface area contributed by atoms with Gasteiger partial charge in [0, 0.05) is 18.2 Å². The van der Waals surface area contributed by atoms with Gasteiger partial charge in [-0.2, -0.15) is 20.5 Å². The molecule has 2 amide bonds. The van der Waals surface area contributed by atoms with Crippen molar-refractivity contribution in [1.82, 2.24) is 15.0 Å². The van der Waals surface area contributed by atoms with Crippen LogP contribution in [-0.2, 0) is 4.84 Å². The molecule has 0 aliphatic carbocycles. The fourth-order valence-electron chi connectivity index (χ4n) is 2.41. The Balaban J connectivity index is 1.83. The molecule has 0 saturated heterocycles. The number of hydrazone groups is 2. The minimum atomic E-state index is -0.560. The molecule has 0 atom stereocenters. The number of hydrogen-bond donors (Lipinski definition) is 0. The standard InChI is InChI=1S/C16H16FN7O2/c1-16(2)6-13(22-26-16)14-10-24(15(25)23(21-14)4-3-18)20-8-11-5-12(17)9-19-7-11/h5,7-9H,4,6,10H2,1-2H3/b20-8-.